The maximum Gasteiger partial charge on any atom is 0.329 e. The van der Waals surface area contributed by atoms with Crippen LogP contribution in [0.2, 0.25) is 0 Å². The maximum absolute atomic E-state index is 11.3. The average molecular weight is 311 g/mol. The van der Waals surface area contributed by atoms with Gasteiger partial charge in [0.2, 0.25) is 5.82 Å². The van der Waals surface area contributed by atoms with Gasteiger partial charge in [0, 0.05) is 39.6 Å². The van der Waals surface area contributed by atoms with Crippen LogP contribution in [0.5, 0.6) is 0 Å². The van der Waals surface area contributed by atoms with Gasteiger partial charge < -0.3 is 9.80 Å². The van der Waals surface area contributed by atoms with E-state index in [-0.39, 0.29) is 17.1 Å². The van der Waals surface area contributed by atoms with E-state index in [0.29, 0.717) is 6.54 Å². The minimum absolute atomic E-state index is 0.00823. The molecular weight excluding hydrogens is 294 g/mol. The molecule has 0 aliphatic heterocycles. The molecule has 1 aromatic carbocycles. The Labute approximate surface area is 134 Å². The zero-order valence-corrected chi connectivity index (χ0v) is 13.2. The number of anilines is 2. The molecule has 0 saturated carbocycles. The van der Waals surface area contributed by atoms with Crippen molar-refractivity contribution in [3.05, 3.63) is 57.8 Å². The second kappa shape index (κ2) is 6.75. The standard InChI is InChI=1S/C16H17N5O2/c1-19(2)14-6-4-5-12(9-14)11-20(3)16-15(21(22)23)13(10-17)7-8-18-16/h4-9H,11H2,1-3H3. The van der Waals surface area contributed by atoms with Gasteiger partial charge in [-0.05, 0) is 23.8 Å². The number of hydrogen-bond acceptors (Lipinski definition) is 6. The SMILES string of the molecule is CN(C)c1cccc(CN(C)c2nccc(C#N)c2[N+](=O)[O-])c1. The molecule has 0 radical (unpaired) electrons. The largest absolute Gasteiger partial charge is 0.378 e. The molecular formula is C16H17N5O2. The molecule has 0 saturated heterocycles. The van der Waals surface area contributed by atoms with Crippen molar-refractivity contribution in [1.82, 2.24) is 4.98 Å². The molecule has 7 heteroatoms. The molecule has 23 heavy (non-hydrogen) atoms. The van der Waals surface area contributed by atoms with Crippen molar-refractivity contribution in [2.45, 2.75) is 6.54 Å². The van der Waals surface area contributed by atoms with Gasteiger partial charge in [0.25, 0.3) is 0 Å². The van der Waals surface area contributed by atoms with Crippen molar-refractivity contribution in [2.75, 3.05) is 30.9 Å². The molecule has 0 bridgehead atoms. The smallest absolute Gasteiger partial charge is 0.329 e. The van der Waals surface area contributed by atoms with Crippen molar-refractivity contribution in [2.24, 2.45) is 0 Å². The van der Waals surface area contributed by atoms with Crippen LogP contribution in [-0.2, 0) is 6.54 Å². The summed E-state index contributed by atoms with van der Waals surface area (Å²) < 4.78 is 0. The fourth-order valence-corrected chi connectivity index (χ4v) is 2.27. The third-order valence-electron chi connectivity index (χ3n) is 3.42. The van der Waals surface area contributed by atoms with Crippen LogP contribution >= 0.6 is 0 Å². The zero-order chi connectivity index (χ0) is 17.0. The summed E-state index contributed by atoms with van der Waals surface area (Å²) in [4.78, 5) is 18.5. The van der Waals surface area contributed by atoms with Gasteiger partial charge in [-0.3, -0.25) is 10.1 Å². The van der Waals surface area contributed by atoms with Crippen LogP contribution < -0.4 is 9.80 Å². The Hall–Kier alpha value is -3.14. The predicted molar refractivity (Wildman–Crippen MR) is 88.5 cm³/mol. The predicted octanol–water partition coefficient (Wildman–Crippen LogP) is 2.56. The summed E-state index contributed by atoms with van der Waals surface area (Å²) in [5, 5.41) is 20.3. The Bertz CT molecular complexity index is 767. The molecule has 0 atom stereocenters. The molecule has 0 aliphatic rings. The molecule has 0 N–H and O–H groups in total. The molecule has 7 nitrogen and oxygen atoms in total. The molecule has 2 rings (SSSR count). The molecule has 0 aliphatic carbocycles. The summed E-state index contributed by atoms with van der Waals surface area (Å²) in [5.74, 6) is 0.185. The number of pyridine rings is 1. The number of aromatic nitrogens is 1. The lowest BCUT2D eigenvalue weighted by Crippen LogP contribution is -2.20. The topological polar surface area (TPSA) is 86.3 Å². The first-order valence-electron chi connectivity index (χ1n) is 6.95. The Morgan fingerprint density at radius 2 is 2.04 bits per heavy atom. The summed E-state index contributed by atoms with van der Waals surface area (Å²) in [6.07, 6.45) is 1.41. The molecule has 118 valence electrons. The number of hydrogen-bond donors (Lipinski definition) is 0. The maximum atomic E-state index is 11.3. The van der Waals surface area contributed by atoms with Crippen molar-refractivity contribution in [1.29, 1.82) is 5.26 Å². The van der Waals surface area contributed by atoms with Gasteiger partial charge in [-0.15, -0.1) is 0 Å². The minimum Gasteiger partial charge on any atom is -0.378 e. The second-order valence-electron chi connectivity index (χ2n) is 5.32. The highest BCUT2D eigenvalue weighted by molar-refractivity contribution is 5.65. The number of rotatable bonds is 5. The van der Waals surface area contributed by atoms with Crippen LogP contribution in [-0.4, -0.2) is 31.1 Å². The summed E-state index contributed by atoms with van der Waals surface area (Å²) >= 11 is 0. The zero-order valence-electron chi connectivity index (χ0n) is 13.2. The van der Waals surface area contributed by atoms with Gasteiger partial charge in [0.15, 0.2) is 0 Å². The molecule has 1 heterocycles. The minimum atomic E-state index is -0.562. The number of nitrogens with zero attached hydrogens (tertiary/aromatic N) is 5. The van der Waals surface area contributed by atoms with Crippen LogP contribution in [0.3, 0.4) is 0 Å². The highest BCUT2D eigenvalue weighted by Crippen LogP contribution is 2.29. The Kier molecular flexibility index (Phi) is 4.76. The lowest BCUT2D eigenvalue weighted by Gasteiger charge is -2.20. The normalized spacial score (nSPS) is 10.0. The lowest BCUT2D eigenvalue weighted by atomic mass is 10.1. The first-order valence-corrected chi connectivity index (χ1v) is 6.95. The average Bonchev–Trinajstić information content (AvgIpc) is 2.54. The van der Waals surface area contributed by atoms with E-state index in [4.69, 9.17) is 5.26 Å². The van der Waals surface area contributed by atoms with Crippen LogP contribution in [0.25, 0.3) is 0 Å². The quantitative estimate of drug-likeness (QED) is 0.623. The Morgan fingerprint density at radius 1 is 1.30 bits per heavy atom. The summed E-state index contributed by atoms with van der Waals surface area (Å²) in [6.45, 7) is 0.449. The molecule has 1 aromatic heterocycles. The van der Waals surface area contributed by atoms with Crippen molar-refractivity contribution in [3.63, 3.8) is 0 Å². The van der Waals surface area contributed by atoms with Crippen LogP contribution in [0, 0.1) is 21.4 Å². The molecule has 2 aromatic rings. The monoisotopic (exact) mass is 311 g/mol. The molecule has 0 unspecified atom stereocenters. The van der Waals surface area contributed by atoms with E-state index in [0.717, 1.165) is 11.3 Å². The highest BCUT2D eigenvalue weighted by atomic mass is 16.6. The fourth-order valence-electron chi connectivity index (χ4n) is 2.27. The Balaban J connectivity index is 2.35. The lowest BCUT2D eigenvalue weighted by molar-refractivity contribution is -0.384. The van der Waals surface area contributed by atoms with Gasteiger partial charge in [-0.1, -0.05) is 12.1 Å². The first-order chi connectivity index (χ1) is 10.9. The van der Waals surface area contributed by atoms with Crippen molar-refractivity contribution < 1.29 is 4.92 Å². The van der Waals surface area contributed by atoms with Crippen LogP contribution in [0.1, 0.15) is 11.1 Å². The second-order valence-corrected chi connectivity index (χ2v) is 5.32. The van der Waals surface area contributed by atoms with Crippen molar-refractivity contribution >= 4 is 17.2 Å². The van der Waals surface area contributed by atoms with E-state index >= 15 is 0 Å². The first kappa shape index (κ1) is 16.2. The van der Waals surface area contributed by atoms with Gasteiger partial charge in [-0.2, -0.15) is 5.26 Å². The van der Waals surface area contributed by atoms with E-state index in [9.17, 15) is 10.1 Å². The molecule has 0 spiro atoms. The van der Waals surface area contributed by atoms with E-state index in [1.807, 2.05) is 49.3 Å². The molecule has 0 fully saturated rings. The van der Waals surface area contributed by atoms with Gasteiger partial charge in [0.1, 0.15) is 11.6 Å². The number of benzene rings is 1. The summed E-state index contributed by atoms with van der Waals surface area (Å²) in [6, 6.07) is 11.1. The van der Waals surface area contributed by atoms with Gasteiger partial charge in [0.05, 0.1) is 4.92 Å². The van der Waals surface area contributed by atoms with E-state index < -0.39 is 4.92 Å². The van der Waals surface area contributed by atoms with Crippen molar-refractivity contribution in [3.8, 4) is 6.07 Å². The van der Waals surface area contributed by atoms with Crippen LogP contribution in [0.4, 0.5) is 17.2 Å². The number of nitriles is 1. The van der Waals surface area contributed by atoms with E-state index in [2.05, 4.69) is 4.98 Å². The summed E-state index contributed by atoms with van der Waals surface area (Å²) in [5.41, 5.74) is 1.79. The molecule has 0 amide bonds. The highest BCUT2D eigenvalue weighted by Gasteiger charge is 2.24. The number of nitro groups is 1. The summed E-state index contributed by atoms with van der Waals surface area (Å²) in [7, 11) is 5.62. The van der Waals surface area contributed by atoms with Crippen LogP contribution in [0.15, 0.2) is 36.5 Å². The fraction of sp³-hybridized carbons (Fsp3) is 0.250. The van der Waals surface area contributed by atoms with Gasteiger partial charge >= 0.3 is 5.69 Å². The Morgan fingerprint density at radius 3 is 2.65 bits per heavy atom. The third kappa shape index (κ3) is 3.55. The van der Waals surface area contributed by atoms with E-state index in [1.54, 1.807) is 11.9 Å². The van der Waals surface area contributed by atoms with Gasteiger partial charge in [-0.25, -0.2) is 4.98 Å². The third-order valence-corrected chi connectivity index (χ3v) is 3.42. The van der Waals surface area contributed by atoms with E-state index in [1.165, 1.54) is 12.3 Å².